The fourth-order valence-corrected chi connectivity index (χ4v) is 1.77. The molecule has 0 aliphatic heterocycles. The van der Waals surface area contributed by atoms with Crippen LogP contribution in [0, 0.1) is 5.82 Å². The topological polar surface area (TPSA) is 61.2 Å². The van der Waals surface area contributed by atoms with Crippen LogP contribution in [0.3, 0.4) is 0 Å². The van der Waals surface area contributed by atoms with Gasteiger partial charge in [-0.15, -0.1) is 0 Å². The molecule has 0 fully saturated rings. The van der Waals surface area contributed by atoms with Gasteiger partial charge in [0.2, 0.25) is 0 Å². The number of rotatable bonds is 8. The van der Waals surface area contributed by atoms with Crippen molar-refractivity contribution in [3.8, 4) is 5.75 Å². The maximum Gasteiger partial charge on any atom is 0.165 e. The Balaban J connectivity index is 1.88. The third-order valence-corrected chi connectivity index (χ3v) is 2.97. The second-order valence-corrected chi connectivity index (χ2v) is 4.52. The summed E-state index contributed by atoms with van der Waals surface area (Å²) in [4.78, 5) is 4.02. The molecule has 0 amide bonds. The summed E-state index contributed by atoms with van der Waals surface area (Å²) in [6.45, 7) is 2.12. The summed E-state index contributed by atoms with van der Waals surface area (Å²) >= 11 is 0. The van der Waals surface area contributed by atoms with Crippen molar-refractivity contribution in [3.05, 3.63) is 41.7 Å². The summed E-state index contributed by atoms with van der Waals surface area (Å²) in [5, 5.41) is 7.08. The van der Waals surface area contributed by atoms with Crippen molar-refractivity contribution in [2.75, 3.05) is 20.3 Å². The molecule has 6 nitrogen and oxygen atoms in total. The Morgan fingerprint density at radius 1 is 1.38 bits per heavy atom. The van der Waals surface area contributed by atoms with Crippen molar-refractivity contribution in [1.82, 2.24) is 20.1 Å². The normalized spacial score (nSPS) is 10.8. The molecule has 7 heteroatoms. The van der Waals surface area contributed by atoms with Gasteiger partial charge in [0.25, 0.3) is 0 Å². The number of aryl methyl sites for hydroxylation is 1. The lowest BCUT2D eigenvalue weighted by molar-refractivity contribution is 0.199. The zero-order valence-corrected chi connectivity index (χ0v) is 12.2. The van der Waals surface area contributed by atoms with E-state index in [0.717, 1.165) is 12.1 Å². The lowest BCUT2D eigenvalue weighted by Gasteiger charge is -2.09. The second kappa shape index (κ2) is 7.70. The lowest BCUT2D eigenvalue weighted by Crippen LogP contribution is -2.18. The largest absolute Gasteiger partial charge is 0.483 e. The first-order valence-electron chi connectivity index (χ1n) is 6.64. The van der Waals surface area contributed by atoms with Gasteiger partial charge < -0.3 is 14.8 Å². The Morgan fingerprint density at radius 2 is 2.24 bits per heavy atom. The van der Waals surface area contributed by atoms with Gasteiger partial charge in [-0.2, -0.15) is 5.10 Å². The molecule has 1 heterocycles. The smallest absolute Gasteiger partial charge is 0.165 e. The number of halogens is 1. The molecule has 2 rings (SSSR count). The standard InChI is InChI=1S/C14H19FN4O2/c1-19-14(17-10-18-19)9-21-13-4-3-11(7-12(13)15)8-16-5-6-20-2/h3-4,7,10,16H,5-6,8-9H2,1-2H3. The van der Waals surface area contributed by atoms with Crippen molar-refractivity contribution in [2.24, 2.45) is 7.05 Å². The monoisotopic (exact) mass is 294 g/mol. The molecule has 21 heavy (non-hydrogen) atoms. The van der Waals surface area contributed by atoms with Crippen LogP contribution in [0.4, 0.5) is 4.39 Å². The van der Waals surface area contributed by atoms with Crippen LogP contribution in [0.15, 0.2) is 24.5 Å². The van der Waals surface area contributed by atoms with Crippen LogP contribution in [0.25, 0.3) is 0 Å². The molecular weight excluding hydrogens is 275 g/mol. The second-order valence-electron chi connectivity index (χ2n) is 4.52. The molecule has 114 valence electrons. The van der Waals surface area contributed by atoms with E-state index in [0.29, 0.717) is 19.0 Å². The van der Waals surface area contributed by atoms with E-state index in [4.69, 9.17) is 9.47 Å². The van der Waals surface area contributed by atoms with Crippen molar-refractivity contribution in [3.63, 3.8) is 0 Å². The van der Waals surface area contributed by atoms with E-state index in [9.17, 15) is 4.39 Å². The molecule has 2 aromatic rings. The van der Waals surface area contributed by atoms with E-state index in [1.165, 1.54) is 12.4 Å². The maximum atomic E-state index is 13.9. The molecule has 0 atom stereocenters. The fourth-order valence-electron chi connectivity index (χ4n) is 1.77. The summed E-state index contributed by atoms with van der Waals surface area (Å²) in [6, 6.07) is 4.92. The number of methoxy groups -OCH3 is 1. The highest BCUT2D eigenvalue weighted by Crippen LogP contribution is 2.19. The van der Waals surface area contributed by atoms with Crippen LogP contribution in [-0.4, -0.2) is 35.0 Å². The first kappa shape index (κ1) is 15.4. The number of aromatic nitrogens is 3. The number of hydrogen-bond acceptors (Lipinski definition) is 5. The summed E-state index contributed by atoms with van der Waals surface area (Å²) in [6.07, 6.45) is 1.43. The third kappa shape index (κ3) is 4.51. The van der Waals surface area contributed by atoms with Crippen LogP contribution in [0.2, 0.25) is 0 Å². The van der Waals surface area contributed by atoms with E-state index >= 15 is 0 Å². The number of nitrogens with zero attached hydrogens (tertiary/aromatic N) is 3. The SMILES string of the molecule is COCCNCc1ccc(OCc2ncnn2C)c(F)c1. The summed E-state index contributed by atoms with van der Waals surface area (Å²) < 4.78 is 25.9. The molecule has 1 aromatic heterocycles. The van der Waals surface area contributed by atoms with Crippen molar-refractivity contribution >= 4 is 0 Å². The highest BCUT2D eigenvalue weighted by atomic mass is 19.1. The van der Waals surface area contributed by atoms with Crippen LogP contribution < -0.4 is 10.1 Å². The molecule has 0 saturated carbocycles. The highest BCUT2D eigenvalue weighted by Gasteiger charge is 2.07. The number of nitrogens with one attached hydrogen (secondary N) is 1. The summed E-state index contributed by atoms with van der Waals surface area (Å²) in [5.41, 5.74) is 0.856. The molecule has 0 spiro atoms. The predicted molar refractivity (Wildman–Crippen MR) is 75.3 cm³/mol. The molecule has 0 radical (unpaired) electrons. The van der Waals surface area contributed by atoms with E-state index in [1.807, 2.05) is 6.07 Å². The van der Waals surface area contributed by atoms with Crippen LogP contribution >= 0.6 is 0 Å². The number of ether oxygens (including phenoxy) is 2. The Morgan fingerprint density at radius 3 is 2.90 bits per heavy atom. The van der Waals surface area contributed by atoms with Gasteiger partial charge in [-0.25, -0.2) is 9.37 Å². The minimum atomic E-state index is -0.386. The average Bonchev–Trinajstić information content (AvgIpc) is 2.88. The molecule has 0 aliphatic carbocycles. The van der Waals surface area contributed by atoms with Gasteiger partial charge in [0.1, 0.15) is 12.9 Å². The van der Waals surface area contributed by atoms with Crippen molar-refractivity contribution < 1.29 is 13.9 Å². The zero-order chi connectivity index (χ0) is 15.1. The molecule has 1 N–H and O–H groups in total. The predicted octanol–water partition coefficient (Wildman–Crippen LogP) is 1.27. The summed E-state index contributed by atoms with van der Waals surface area (Å²) in [5.74, 6) is 0.460. The van der Waals surface area contributed by atoms with Crippen LogP contribution in [0.1, 0.15) is 11.4 Å². The van der Waals surface area contributed by atoms with E-state index < -0.39 is 0 Å². The lowest BCUT2D eigenvalue weighted by atomic mass is 10.2. The van der Waals surface area contributed by atoms with E-state index in [1.54, 1.807) is 24.9 Å². The van der Waals surface area contributed by atoms with E-state index in [2.05, 4.69) is 15.4 Å². The first-order chi connectivity index (χ1) is 10.2. The Labute approximate surface area is 122 Å². The van der Waals surface area contributed by atoms with Gasteiger partial charge in [0, 0.05) is 27.2 Å². The summed E-state index contributed by atoms with van der Waals surface area (Å²) in [7, 11) is 3.40. The Hall–Kier alpha value is -1.99. The molecule has 0 saturated heterocycles. The van der Waals surface area contributed by atoms with E-state index in [-0.39, 0.29) is 18.2 Å². The zero-order valence-electron chi connectivity index (χ0n) is 12.2. The van der Waals surface area contributed by atoms with Gasteiger partial charge >= 0.3 is 0 Å². The Kier molecular flexibility index (Phi) is 5.65. The Bertz CT molecular complexity index is 574. The van der Waals surface area contributed by atoms with Crippen LogP contribution in [0.5, 0.6) is 5.75 Å². The number of hydrogen-bond donors (Lipinski definition) is 1. The van der Waals surface area contributed by atoms with Crippen molar-refractivity contribution in [2.45, 2.75) is 13.2 Å². The minimum absolute atomic E-state index is 0.179. The molecule has 0 bridgehead atoms. The molecule has 1 aromatic carbocycles. The van der Waals surface area contributed by atoms with Gasteiger partial charge in [-0.3, -0.25) is 4.68 Å². The third-order valence-electron chi connectivity index (χ3n) is 2.97. The van der Waals surface area contributed by atoms with Gasteiger partial charge in [-0.1, -0.05) is 6.07 Å². The van der Waals surface area contributed by atoms with Crippen LogP contribution in [-0.2, 0) is 24.9 Å². The average molecular weight is 294 g/mol. The maximum absolute atomic E-state index is 13.9. The first-order valence-corrected chi connectivity index (χ1v) is 6.64. The van der Waals surface area contributed by atoms with Gasteiger partial charge in [0.05, 0.1) is 6.61 Å². The number of benzene rings is 1. The molecule has 0 aliphatic rings. The van der Waals surface area contributed by atoms with Crippen molar-refractivity contribution in [1.29, 1.82) is 0 Å². The highest BCUT2D eigenvalue weighted by molar-refractivity contribution is 5.29. The van der Waals surface area contributed by atoms with Gasteiger partial charge in [0.15, 0.2) is 17.4 Å². The van der Waals surface area contributed by atoms with Gasteiger partial charge in [-0.05, 0) is 17.7 Å². The molecular formula is C14H19FN4O2. The minimum Gasteiger partial charge on any atom is -0.483 e. The fraction of sp³-hybridized carbons (Fsp3) is 0.429. The quantitative estimate of drug-likeness (QED) is 0.743. The molecule has 0 unspecified atom stereocenters.